The third-order valence-corrected chi connectivity index (χ3v) is 5.09. The molecule has 0 radical (unpaired) electrons. The summed E-state index contributed by atoms with van der Waals surface area (Å²) in [5, 5.41) is 9.50. The van der Waals surface area contributed by atoms with Gasteiger partial charge in [0.2, 0.25) is 0 Å². The second-order valence-electron chi connectivity index (χ2n) is 7.42. The zero-order valence-electron chi connectivity index (χ0n) is 17.2. The molecule has 0 bridgehead atoms. The molecule has 0 spiro atoms. The molecule has 0 aliphatic carbocycles. The molecule has 0 aromatic heterocycles. The zero-order valence-corrected chi connectivity index (χ0v) is 17.2. The van der Waals surface area contributed by atoms with Gasteiger partial charge < -0.3 is 15.6 Å². The van der Waals surface area contributed by atoms with Gasteiger partial charge in [-0.25, -0.2) is 4.79 Å². The molecule has 4 heteroatoms. The highest BCUT2D eigenvalue weighted by molar-refractivity contribution is 5.96. The van der Waals surface area contributed by atoms with E-state index < -0.39 is 5.97 Å². The van der Waals surface area contributed by atoms with Crippen LogP contribution in [0.2, 0.25) is 0 Å². The van der Waals surface area contributed by atoms with Crippen molar-refractivity contribution in [3.05, 3.63) is 108 Å². The molecule has 4 aromatic carbocycles. The molecule has 4 rings (SSSR count). The van der Waals surface area contributed by atoms with Crippen molar-refractivity contribution in [2.75, 3.05) is 0 Å². The Bertz CT molecular complexity index is 1250. The van der Waals surface area contributed by atoms with Crippen LogP contribution >= 0.6 is 0 Å². The Morgan fingerprint density at radius 3 is 2.35 bits per heavy atom. The fourth-order valence-electron chi connectivity index (χ4n) is 3.64. The standard InChI is InChI=1S/C27H23NO3/c1-18-12-22(20-7-4-6-19(14-20)17-28)16-24(13-18)31-23-9-5-8-21(15-23)25-10-2-3-11-26(25)27(29)30/h2-16H,17,28H2,1H3,(H,29,30). The maximum absolute atomic E-state index is 11.6. The molecule has 3 N–H and O–H groups in total. The molecule has 0 unspecified atom stereocenters. The molecule has 0 aliphatic rings. The van der Waals surface area contributed by atoms with E-state index in [0.717, 1.165) is 33.6 Å². The number of hydrogen-bond donors (Lipinski definition) is 2. The first-order chi connectivity index (χ1) is 15.0. The second kappa shape index (κ2) is 8.86. The van der Waals surface area contributed by atoms with Crippen LogP contribution in [0.25, 0.3) is 22.3 Å². The summed E-state index contributed by atoms with van der Waals surface area (Å²) in [5.74, 6) is 0.409. The molecular weight excluding hydrogens is 386 g/mol. The molecule has 31 heavy (non-hydrogen) atoms. The number of ether oxygens (including phenoxy) is 1. The smallest absolute Gasteiger partial charge is 0.336 e. The Kier molecular flexibility index (Phi) is 5.83. The molecule has 0 amide bonds. The zero-order chi connectivity index (χ0) is 21.8. The number of carboxylic acid groups (broad SMARTS) is 1. The molecule has 0 fully saturated rings. The topological polar surface area (TPSA) is 72.5 Å². The highest BCUT2D eigenvalue weighted by Crippen LogP contribution is 2.32. The van der Waals surface area contributed by atoms with Gasteiger partial charge in [0, 0.05) is 6.54 Å². The van der Waals surface area contributed by atoms with E-state index in [9.17, 15) is 9.90 Å². The fraction of sp³-hybridized carbons (Fsp3) is 0.0741. The lowest BCUT2D eigenvalue weighted by atomic mass is 9.99. The van der Waals surface area contributed by atoms with Crippen molar-refractivity contribution >= 4 is 5.97 Å². The van der Waals surface area contributed by atoms with Crippen molar-refractivity contribution < 1.29 is 14.6 Å². The molecule has 0 saturated heterocycles. The predicted molar refractivity (Wildman–Crippen MR) is 123 cm³/mol. The first-order valence-electron chi connectivity index (χ1n) is 10.0. The summed E-state index contributed by atoms with van der Waals surface area (Å²) in [5.41, 5.74) is 11.8. The van der Waals surface area contributed by atoms with E-state index in [0.29, 0.717) is 17.9 Å². The molecule has 4 aromatic rings. The van der Waals surface area contributed by atoms with Gasteiger partial charge in [0.15, 0.2) is 0 Å². The number of carboxylic acids is 1. The third-order valence-electron chi connectivity index (χ3n) is 5.09. The van der Waals surface area contributed by atoms with Crippen LogP contribution in [0.1, 0.15) is 21.5 Å². The summed E-state index contributed by atoms with van der Waals surface area (Å²) in [4.78, 5) is 11.6. The molecule has 0 heterocycles. The van der Waals surface area contributed by atoms with Gasteiger partial charge in [-0.3, -0.25) is 0 Å². The van der Waals surface area contributed by atoms with Crippen molar-refractivity contribution in [3.8, 4) is 33.8 Å². The van der Waals surface area contributed by atoms with Crippen molar-refractivity contribution in [2.24, 2.45) is 5.73 Å². The van der Waals surface area contributed by atoms with Gasteiger partial charge in [-0.1, -0.05) is 54.6 Å². The van der Waals surface area contributed by atoms with Crippen LogP contribution in [0.3, 0.4) is 0 Å². The second-order valence-corrected chi connectivity index (χ2v) is 7.42. The van der Waals surface area contributed by atoms with E-state index in [-0.39, 0.29) is 5.56 Å². The first kappa shape index (κ1) is 20.4. The van der Waals surface area contributed by atoms with Crippen molar-refractivity contribution in [2.45, 2.75) is 13.5 Å². The number of nitrogens with two attached hydrogens (primary N) is 1. The largest absolute Gasteiger partial charge is 0.478 e. The number of rotatable bonds is 6. The number of hydrogen-bond acceptors (Lipinski definition) is 3. The minimum atomic E-state index is -0.954. The number of aryl methyl sites for hydroxylation is 1. The monoisotopic (exact) mass is 409 g/mol. The minimum Gasteiger partial charge on any atom is -0.478 e. The molecule has 154 valence electrons. The number of carbonyl (C=O) groups is 1. The Hall–Kier alpha value is -3.89. The Morgan fingerprint density at radius 1 is 0.806 bits per heavy atom. The Balaban J connectivity index is 1.67. The van der Waals surface area contributed by atoms with Crippen molar-refractivity contribution in [3.63, 3.8) is 0 Å². The van der Waals surface area contributed by atoms with Gasteiger partial charge in [-0.15, -0.1) is 0 Å². The minimum absolute atomic E-state index is 0.261. The Labute approximate surface area is 181 Å². The van der Waals surface area contributed by atoms with Gasteiger partial charge in [0.1, 0.15) is 11.5 Å². The van der Waals surface area contributed by atoms with E-state index in [1.54, 1.807) is 18.2 Å². The maximum Gasteiger partial charge on any atom is 0.336 e. The lowest BCUT2D eigenvalue weighted by Crippen LogP contribution is -1.99. The van der Waals surface area contributed by atoms with Gasteiger partial charge in [-0.2, -0.15) is 0 Å². The van der Waals surface area contributed by atoms with Crippen LogP contribution in [-0.2, 0) is 6.54 Å². The fourth-order valence-corrected chi connectivity index (χ4v) is 3.64. The van der Waals surface area contributed by atoms with Crippen LogP contribution in [-0.4, -0.2) is 11.1 Å². The summed E-state index contributed by atoms with van der Waals surface area (Å²) in [6.45, 7) is 2.52. The van der Waals surface area contributed by atoms with E-state index >= 15 is 0 Å². The molecule has 4 nitrogen and oxygen atoms in total. The van der Waals surface area contributed by atoms with E-state index in [2.05, 4.69) is 18.2 Å². The summed E-state index contributed by atoms with van der Waals surface area (Å²) in [6, 6.07) is 28.7. The summed E-state index contributed by atoms with van der Waals surface area (Å²) >= 11 is 0. The average molecular weight is 409 g/mol. The van der Waals surface area contributed by atoms with Gasteiger partial charge in [0.05, 0.1) is 5.56 Å². The maximum atomic E-state index is 11.6. The quantitative estimate of drug-likeness (QED) is 0.393. The normalized spacial score (nSPS) is 10.6. The van der Waals surface area contributed by atoms with Gasteiger partial charge in [-0.05, 0) is 76.7 Å². The lowest BCUT2D eigenvalue weighted by molar-refractivity contribution is 0.0697. The predicted octanol–water partition coefficient (Wildman–Crippen LogP) is 6.28. The molecule has 0 saturated carbocycles. The van der Waals surface area contributed by atoms with Crippen LogP contribution < -0.4 is 10.5 Å². The SMILES string of the molecule is Cc1cc(Oc2cccc(-c3ccccc3C(=O)O)c2)cc(-c2cccc(CN)c2)c1. The third kappa shape index (κ3) is 4.65. The van der Waals surface area contributed by atoms with Crippen molar-refractivity contribution in [1.29, 1.82) is 0 Å². The van der Waals surface area contributed by atoms with Crippen LogP contribution in [0.4, 0.5) is 0 Å². The van der Waals surface area contributed by atoms with Crippen LogP contribution in [0, 0.1) is 6.92 Å². The molecule has 0 atom stereocenters. The summed E-state index contributed by atoms with van der Waals surface area (Å²) < 4.78 is 6.17. The van der Waals surface area contributed by atoms with Gasteiger partial charge in [0.25, 0.3) is 0 Å². The van der Waals surface area contributed by atoms with Crippen LogP contribution in [0.5, 0.6) is 11.5 Å². The highest BCUT2D eigenvalue weighted by Gasteiger charge is 2.12. The number of aromatic carboxylic acids is 1. The molecule has 0 aliphatic heterocycles. The van der Waals surface area contributed by atoms with Crippen LogP contribution in [0.15, 0.2) is 91.0 Å². The van der Waals surface area contributed by atoms with E-state index in [1.807, 2.05) is 61.5 Å². The number of benzene rings is 4. The molecular formula is C27H23NO3. The van der Waals surface area contributed by atoms with E-state index in [4.69, 9.17) is 10.5 Å². The Morgan fingerprint density at radius 2 is 1.55 bits per heavy atom. The first-order valence-corrected chi connectivity index (χ1v) is 10.0. The summed E-state index contributed by atoms with van der Waals surface area (Å²) in [7, 11) is 0. The lowest BCUT2D eigenvalue weighted by Gasteiger charge is -2.12. The van der Waals surface area contributed by atoms with E-state index in [1.165, 1.54) is 0 Å². The average Bonchev–Trinajstić information content (AvgIpc) is 2.79. The van der Waals surface area contributed by atoms with Gasteiger partial charge >= 0.3 is 5.97 Å². The highest BCUT2D eigenvalue weighted by atomic mass is 16.5. The summed E-state index contributed by atoms with van der Waals surface area (Å²) in [6.07, 6.45) is 0. The van der Waals surface area contributed by atoms with Crippen molar-refractivity contribution in [1.82, 2.24) is 0 Å².